The van der Waals surface area contributed by atoms with Crippen LogP contribution in [0.25, 0.3) is 11.3 Å². The molecule has 1 aromatic carbocycles. The van der Waals surface area contributed by atoms with Crippen molar-refractivity contribution in [2.45, 2.75) is 17.7 Å². The zero-order valence-electron chi connectivity index (χ0n) is 18.7. The van der Waals surface area contributed by atoms with E-state index in [1.54, 1.807) is 29.4 Å². The second-order valence-corrected chi connectivity index (χ2v) is 10.4. The zero-order chi connectivity index (χ0) is 23.5. The van der Waals surface area contributed by atoms with Gasteiger partial charge in [0.1, 0.15) is 0 Å². The van der Waals surface area contributed by atoms with Gasteiger partial charge in [0.2, 0.25) is 10.0 Å². The molecule has 34 heavy (non-hydrogen) atoms. The van der Waals surface area contributed by atoms with Crippen LogP contribution in [0.3, 0.4) is 0 Å². The summed E-state index contributed by atoms with van der Waals surface area (Å²) in [7, 11) is -3.48. The van der Waals surface area contributed by atoms with Crippen molar-refractivity contribution >= 4 is 21.7 Å². The molecule has 1 amide bonds. The quantitative estimate of drug-likeness (QED) is 0.555. The maximum Gasteiger partial charge on any atom is 0.253 e. The molecule has 9 nitrogen and oxygen atoms in total. The first-order valence-electron chi connectivity index (χ1n) is 11.4. The number of nitrogens with zero attached hydrogens (tertiary/aromatic N) is 6. The fourth-order valence-electron chi connectivity index (χ4n) is 4.33. The van der Waals surface area contributed by atoms with Crippen molar-refractivity contribution < 1.29 is 13.2 Å². The summed E-state index contributed by atoms with van der Waals surface area (Å²) in [4.78, 5) is 21.2. The van der Waals surface area contributed by atoms with Crippen LogP contribution in [-0.2, 0) is 10.0 Å². The summed E-state index contributed by atoms with van der Waals surface area (Å²) >= 11 is 0. The maximum atomic E-state index is 13.0. The number of carbonyl (C=O) groups excluding carboxylic acids is 1. The summed E-state index contributed by atoms with van der Waals surface area (Å²) in [5.41, 5.74) is 2.17. The lowest BCUT2D eigenvalue weighted by atomic mass is 10.2. The van der Waals surface area contributed by atoms with Crippen molar-refractivity contribution in [1.82, 2.24) is 24.4 Å². The molecule has 2 fully saturated rings. The number of amides is 1. The Morgan fingerprint density at radius 2 is 1.56 bits per heavy atom. The summed E-state index contributed by atoms with van der Waals surface area (Å²) in [6.07, 6.45) is 5.25. The fourth-order valence-corrected chi connectivity index (χ4v) is 5.85. The number of hydrogen-bond donors (Lipinski definition) is 0. The minimum Gasteiger partial charge on any atom is -0.352 e. The van der Waals surface area contributed by atoms with E-state index in [0.717, 1.165) is 29.9 Å². The number of rotatable bonds is 5. The van der Waals surface area contributed by atoms with Crippen molar-refractivity contribution in [1.29, 1.82) is 0 Å². The van der Waals surface area contributed by atoms with Crippen molar-refractivity contribution in [3.8, 4) is 11.3 Å². The zero-order valence-corrected chi connectivity index (χ0v) is 19.6. The number of sulfonamides is 1. The van der Waals surface area contributed by atoms with Crippen LogP contribution in [0.4, 0.5) is 5.82 Å². The Hall–Kier alpha value is -3.37. The molecule has 0 aliphatic carbocycles. The van der Waals surface area contributed by atoms with Crippen LogP contribution < -0.4 is 4.90 Å². The summed E-state index contributed by atoms with van der Waals surface area (Å²) in [5, 5.41) is 8.67. The van der Waals surface area contributed by atoms with Crippen LogP contribution in [0.1, 0.15) is 23.2 Å². The normalized spacial score (nSPS) is 17.2. The number of piperazine rings is 1. The molecule has 0 N–H and O–H groups in total. The van der Waals surface area contributed by atoms with E-state index >= 15 is 0 Å². The molecule has 176 valence electrons. The monoisotopic (exact) mass is 478 g/mol. The summed E-state index contributed by atoms with van der Waals surface area (Å²) < 4.78 is 26.9. The highest BCUT2D eigenvalue weighted by atomic mass is 32.2. The number of anilines is 1. The third-order valence-corrected chi connectivity index (χ3v) is 8.22. The van der Waals surface area contributed by atoms with E-state index < -0.39 is 10.0 Å². The Morgan fingerprint density at radius 3 is 2.18 bits per heavy atom. The molecule has 5 rings (SSSR count). The van der Waals surface area contributed by atoms with Gasteiger partial charge in [-0.3, -0.25) is 9.78 Å². The Balaban J connectivity index is 1.20. The molecule has 3 aromatic rings. The number of pyridine rings is 1. The first-order valence-corrected chi connectivity index (χ1v) is 12.8. The molecule has 4 heterocycles. The first kappa shape index (κ1) is 22.4. The predicted octanol–water partition coefficient (Wildman–Crippen LogP) is 2.29. The fraction of sp³-hybridized carbons (Fsp3) is 0.333. The van der Waals surface area contributed by atoms with E-state index in [0.29, 0.717) is 44.8 Å². The van der Waals surface area contributed by atoms with Crippen molar-refractivity contribution in [3.63, 3.8) is 0 Å². The molecule has 2 saturated heterocycles. The van der Waals surface area contributed by atoms with Gasteiger partial charge in [0.05, 0.1) is 10.6 Å². The number of carbonyl (C=O) groups is 1. The maximum absolute atomic E-state index is 13.0. The topological polar surface area (TPSA) is 99.6 Å². The molecule has 0 unspecified atom stereocenters. The smallest absolute Gasteiger partial charge is 0.253 e. The molecular weight excluding hydrogens is 452 g/mol. The molecule has 0 bridgehead atoms. The average Bonchev–Trinajstić information content (AvgIpc) is 3.45. The molecule has 0 spiro atoms. The number of aromatic nitrogens is 3. The molecule has 2 aliphatic rings. The second kappa shape index (κ2) is 9.47. The molecule has 0 radical (unpaired) electrons. The van der Waals surface area contributed by atoms with Gasteiger partial charge in [-0.05, 0) is 61.4 Å². The SMILES string of the molecule is O=C(c1ccc(S(=O)(=O)N2CCCC2)cc1)N1CCN(c2ccc(-c3cccnc3)nn2)CC1. The Bertz CT molecular complexity index is 1240. The number of hydrogen-bond acceptors (Lipinski definition) is 7. The van der Waals surface area contributed by atoms with Gasteiger partial charge in [0, 0.05) is 62.8 Å². The lowest BCUT2D eigenvalue weighted by Gasteiger charge is -2.35. The van der Waals surface area contributed by atoms with E-state index in [1.165, 1.54) is 16.4 Å². The third kappa shape index (κ3) is 4.51. The van der Waals surface area contributed by atoms with Gasteiger partial charge in [-0.1, -0.05) is 0 Å². The van der Waals surface area contributed by atoms with E-state index in [1.807, 2.05) is 24.3 Å². The Labute approximate surface area is 199 Å². The molecule has 2 aromatic heterocycles. The van der Waals surface area contributed by atoms with E-state index in [4.69, 9.17) is 0 Å². The van der Waals surface area contributed by atoms with Crippen LogP contribution >= 0.6 is 0 Å². The Morgan fingerprint density at radius 1 is 0.824 bits per heavy atom. The van der Waals surface area contributed by atoms with E-state index in [2.05, 4.69) is 20.1 Å². The van der Waals surface area contributed by atoms with Gasteiger partial charge in [0.25, 0.3) is 5.91 Å². The van der Waals surface area contributed by atoms with Crippen LogP contribution in [0.5, 0.6) is 0 Å². The second-order valence-electron chi connectivity index (χ2n) is 8.43. The van der Waals surface area contributed by atoms with E-state index in [-0.39, 0.29) is 10.8 Å². The highest BCUT2D eigenvalue weighted by Gasteiger charge is 2.28. The highest BCUT2D eigenvalue weighted by molar-refractivity contribution is 7.89. The lowest BCUT2D eigenvalue weighted by molar-refractivity contribution is 0.0746. The van der Waals surface area contributed by atoms with Gasteiger partial charge in [-0.25, -0.2) is 8.42 Å². The van der Waals surface area contributed by atoms with Gasteiger partial charge in [-0.15, -0.1) is 10.2 Å². The van der Waals surface area contributed by atoms with E-state index in [9.17, 15) is 13.2 Å². The summed E-state index contributed by atoms with van der Waals surface area (Å²) in [6, 6.07) is 14.0. The van der Waals surface area contributed by atoms with Gasteiger partial charge < -0.3 is 9.80 Å². The molecule has 0 saturated carbocycles. The van der Waals surface area contributed by atoms with Crippen molar-refractivity contribution in [2.75, 3.05) is 44.2 Å². The van der Waals surface area contributed by atoms with Gasteiger partial charge >= 0.3 is 0 Å². The van der Waals surface area contributed by atoms with Crippen LogP contribution in [0, 0.1) is 0 Å². The third-order valence-electron chi connectivity index (χ3n) is 6.30. The summed E-state index contributed by atoms with van der Waals surface area (Å²) in [5.74, 6) is 0.680. The molecule has 10 heteroatoms. The highest BCUT2D eigenvalue weighted by Crippen LogP contribution is 2.22. The first-order chi connectivity index (χ1) is 16.5. The summed E-state index contributed by atoms with van der Waals surface area (Å²) in [6.45, 7) is 3.52. The molecule has 0 atom stereocenters. The largest absolute Gasteiger partial charge is 0.352 e. The predicted molar refractivity (Wildman–Crippen MR) is 128 cm³/mol. The van der Waals surface area contributed by atoms with Crippen molar-refractivity contribution in [3.05, 3.63) is 66.5 Å². The van der Waals surface area contributed by atoms with Crippen molar-refractivity contribution in [2.24, 2.45) is 0 Å². The minimum atomic E-state index is -3.48. The molecular formula is C24H26N6O3S. The number of benzene rings is 1. The standard InChI is InChI=1S/C24H26N6O3S/c31-24(19-5-7-21(8-6-19)34(32,33)30-12-1-2-13-30)29-16-14-28(15-17-29)23-10-9-22(26-27-23)20-4-3-11-25-18-20/h3-11,18H,1-2,12-17H2. The van der Waals surface area contributed by atoms with Crippen LogP contribution in [-0.4, -0.2) is 78.0 Å². The average molecular weight is 479 g/mol. The lowest BCUT2D eigenvalue weighted by Crippen LogP contribution is -2.49. The van der Waals surface area contributed by atoms with Crippen LogP contribution in [0.2, 0.25) is 0 Å². The molecule has 2 aliphatic heterocycles. The van der Waals surface area contributed by atoms with Crippen LogP contribution in [0.15, 0.2) is 65.8 Å². The van der Waals surface area contributed by atoms with Gasteiger partial charge in [0.15, 0.2) is 5.82 Å². The van der Waals surface area contributed by atoms with Gasteiger partial charge in [-0.2, -0.15) is 4.31 Å². The minimum absolute atomic E-state index is 0.0946. The Kier molecular flexibility index (Phi) is 6.25.